The normalized spacial score (nSPS) is 16.2. The molecule has 3 amide bonds. The number of amides is 3. The minimum Gasteiger partial charge on any atom is -0.310 e. The maximum Gasteiger partial charge on any atom is 0.261 e. The highest BCUT2D eigenvalue weighted by molar-refractivity contribution is 7.90. The third-order valence-electron chi connectivity index (χ3n) is 5.49. The van der Waals surface area contributed by atoms with E-state index in [0.29, 0.717) is 33.9 Å². The van der Waals surface area contributed by atoms with Gasteiger partial charge in [0, 0.05) is 18.5 Å². The molecule has 0 unspecified atom stereocenters. The van der Waals surface area contributed by atoms with E-state index >= 15 is 0 Å². The molecule has 0 spiro atoms. The molecular weight excluding hydrogens is 432 g/mol. The molecule has 9 nitrogen and oxygen atoms in total. The quantitative estimate of drug-likeness (QED) is 0.594. The van der Waals surface area contributed by atoms with Crippen LogP contribution in [0.3, 0.4) is 0 Å². The van der Waals surface area contributed by atoms with E-state index in [1.165, 1.54) is 4.68 Å². The van der Waals surface area contributed by atoms with Crippen LogP contribution >= 0.6 is 0 Å². The predicted molar refractivity (Wildman–Crippen MR) is 115 cm³/mol. The molecular formula is C22H18N4O5S. The van der Waals surface area contributed by atoms with Crippen molar-refractivity contribution in [1.82, 2.24) is 14.7 Å². The summed E-state index contributed by atoms with van der Waals surface area (Å²) in [5, 5.41) is 7.15. The average molecular weight is 450 g/mol. The first-order valence-corrected chi connectivity index (χ1v) is 11.8. The lowest BCUT2D eigenvalue weighted by Gasteiger charge is -2.14. The second kappa shape index (κ2) is 7.41. The zero-order valence-electron chi connectivity index (χ0n) is 16.8. The van der Waals surface area contributed by atoms with E-state index in [9.17, 15) is 22.8 Å². The molecule has 0 saturated carbocycles. The Balaban J connectivity index is 1.36. The van der Waals surface area contributed by atoms with E-state index in [-0.39, 0.29) is 24.5 Å². The Morgan fingerprint density at radius 1 is 0.938 bits per heavy atom. The summed E-state index contributed by atoms with van der Waals surface area (Å²) in [5.41, 5.74) is 2.19. The van der Waals surface area contributed by atoms with Crippen LogP contribution in [0.25, 0.3) is 5.69 Å². The van der Waals surface area contributed by atoms with Crippen molar-refractivity contribution in [3.8, 4) is 5.69 Å². The van der Waals surface area contributed by atoms with Crippen LogP contribution in [0.2, 0.25) is 0 Å². The second-order valence-electron chi connectivity index (χ2n) is 7.66. The summed E-state index contributed by atoms with van der Waals surface area (Å²) in [4.78, 5) is 38.8. The molecule has 2 aliphatic heterocycles. The number of nitrogens with one attached hydrogen (secondary N) is 1. The Bertz CT molecular complexity index is 1340. The molecule has 162 valence electrons. The molecule has 5 rings (SSSR count). The van der Waals surface area contributed by atoms with Crippen LogP contribution in [0, 0.1) is 0 Å². The first kappa shape index (κ1) is 20.1. The van der Waals surface area contributed by atoms with Crippen molar-refractivity contribution in [3.05, 3.63) is 77.0 Å². The Morgan fingerprint density at radius 3 is 2.22 bits per heavy atom. The first-order valence-electron chi connectivity index (χ1n) is 9.96. The number of fused-ring (bicyclic) bond motifs is 2. The van der Waals surface area contributed by atoms with Crippen LogP contribution in [0.5, 0.6) is 0 Å². The summed E-state index contributed by atoms with van der Waals surface area (Å²) in [5.74, 6) is -1.41. The van der Waals surface area contributed by atoms with Gasteiger partial charge in [-0.05, 0) is 24.3 Å². The number of sulfone groups is 1. The standard InChI is InChI=1S/C22H18N4O5S/c27-19(10-11-25-21(28)15-8-4-5-9-16(15)22(25)29)23-20-17-12-32(30,31)13-18(17)24-26(20)14-6-2-1-3-7-14/h1-9H,10-13H2,(H,23,27). The molecule has 0 aliphatic carbocycles. The number of imide groups is 1. The van der Waals surface area contributed by atoms with E-state index in [0.717, 1.165) is 4.90 Å². The van der Waals surface area contributed by atoms with Gasteiger partial charge in [0.1, 0.15) is 5.82 Å². The van der Waals surface area contributed by atoms with Crippen LogP contribution in [-0.4, -0.2) is 47.4 Å². The van der Waals surface area contributed by atoms with Gasteiger partial charge < -0.3 is 5.32 Å². The largest absolute Gasteiger partial charge is 0.310 e. The van der Waals surface area contributed by atoms with Crippen molar-refractivity contribution in [2.24, 2.45) is 0 Å². The summed E-state index contributed by atoms with van der Waals surface area (Å²) < 4.78 is 25.7. The van der Waals surface area contributed by atoms with E-state index in [1.807, 2.05) is 18.2 Å². The van der Waals surface area contributed by atoms with Crippen molar-refractivity contribution in [2.45, 2.75) is 17.9 Å². The van der Waals surface area contributed by atoms with Gasteiger partial charge in [0.15, 0.2) is 9.84 Å². The molecule has 3 heterocycles. The number of benzene rings is 2. The molecule has 3 aromatic rings. The number of nitrogens with zero attached hydrogens (tertiary/aromatic N) is 3. The smallest absolute Gasteiger partial charge is 0.261 e. The topological polar surface area (TPSA) is 118 Å². The molecule has 1 aromatic heterocycles. The molecule has 0 radical (unpaired) electrons. The minimum absolute atomic E-state index is 0.0852. The van der Waals surface area contributed by atoms with Crippen molar-refractivity contribution in [3.63, 3.8) is 0 Å². The lowest BCUT2D eigenvalue weighted by Crippen LogP contribution is -2.33. The van der Waals surface area contributed by atoms with Gasteiger partial charge in [0.25, 0.3) is 11.8 Å². The zero-order chi connectivity index (χ0) is 22.5. The summed E-state index contributed by atoms with van der Waals surface area (Å²) in [6, 6.07) is 15.6. The third kappa shape index (κ3) is 3.38. The molecule has 0 bridgehead atoms. The predicted octanol–water partition coefficient (Wildman–Crippen LogP) is 1.93. The van der Waals surface area contributed by atoms with Crippen molar-refractivity contribution < 1.29 is 22.8 Å². The van der Waals surface area contributed by atoms with Crippen LogP contribution in [-0.2, 0) is 26.1 Å². The summed E-state index contributed by atoms with van der Waals surface area (Å²) in [6.45, 7) is -0.0852. The van der Waals surface area contributed by atoms with Gasteiger partial charge in [-0.1, -0.05) is 30.3 Å². The van der Waals surface area contributed by atoms with Gasteiger partial charge in [-0.15, -0.1) is 0 Å². The highest BCUT2D eigenvalue weighted by Crippen LogP contribution is 2.33. The monoisotopic (exact) mass is 450 g/mol. The first-order chi connectivity index (χ1) is 15.3. The Kier molecular flexibility index (Phi) is 4.66. The molecule has 2 aromatic carbocycles. The molecule has 32 heavy (non-hydrogen) atoms. The summed E-state index contributed by atoms with van der Waals surface area (Å²) in [6.07, 6.45) is -0.132. The maximum atomic E-state index is 12.7. The van der Waals surface area contributed by atoms with Gasteiger partial charge in [-0.25, -0.2) is 13.1 Å². The fourth-order valence-electron chi connectivity index (χ4n) is 3.98. The van der Waals surface area contributed by atoms with Crippen molar-refractivity contribution in [1.29, 1.82) is 0 Å². The summed E-state index contributed by atoms with van der Waals surface area (Å²) in [7, 11) is -3.31. The van der Waals surface area contributed by atoms with Crippen LogP contribution in [0.1, 0.15) is 38.4 Å². The molecule has 0 atom stereocenters. The number of carbonyl (C=O) groups excluding carboxylic acids is 3. The fourth-order valence-corrected chi connectivity index (χ4v) is 5.47. The van der Waals surface area contributed by atoms with Crippen LogP contribution < -0.4 is 5.32 Å². The number of carbonyl (C=O) groups is 3. The van der Waals surface area contributed by atoms with E-state index < -0.39 is 27.6 Å². The molecule has 1 N–H and O–H groups in total. The van der Waals surface area contributed by atoms with E-state index in [1.54, 1.807) is 36.4 Å². The fraction of sp³-hybridized carbons (Fsp3) is 0.182. The van der Waals surface area contributed by atoms with Gasteiger partial charge in [-0.2, -0.15) is 5.10 Å². The molecule has 2 aliphatic rings. The zero-order valence-corrected chi connectivity index (χ0v) is 17.6. The lowest BCUT2D eigenvalue weighted by atomic mass is 10.1. The van der Waals surface area contributed by atoms with Gasteiger partial charge in [-0.3, -0.25) is 19.3 Å². The van der Waals surface area contributed by atoms with E-state index in [4.69, 9.17) is 0 Å². The molecule has 0 fully saturated rings. The maximum absolute atomic E-state index is 12.7. The number of para-hydroxylation sites is 1. The van der Waals surface area contributed by atoms with E-state index in [2.05, 4.69) is 10.4 Å². The van der Waals surface area contributed by atoms with Gasteiger partial charge >= 0.3 is 0 Å². The Labute approximate surface area is 183 Å². The Hall–Kier alpha value is -3.79. The number of hydrogen-bond donors (Lipinski definition) is 1. The lowest BCUT2D eigenvalue weighted by molar-refractivity contribution is -0.116. The van der Waals surface area contributed by atoms with Gasteiger partial charge in [0.2, 0.25) is 5.91 Å². The Morgan fingerprint density at radius 2 is 1.56 bits per heavy atom. The number of aromatic nitrogens is 2. The van der Waals surface area contributed by atoms with Crippen molar-refractivity contribution in [2.75, 3.05) is 11.9 Å². The number of anilines is 1. The van der Waals surface area contributed by atoms with Crippen LogP contribution in [0.4, 0.5) is 5.82 Å². The SMILES string of the molecule is O=C(CCN1C(=O)c2ccccc2C1=O)Nc1c2c(nn1-c1ccccc1)CS(=O)(=O)C2. The average Bonchev–Trinajstić information content (AvgIpc) is 3.34. The highest BCUT2D eigenvalue weighted by atomic mass is 32.2. The highest BCUT2D eigenvalue weighted by Gasteiger charge is 2.36. The number of rotatable bonds is 5. The van der Waals surface area contributed by atoms with Crippen molar-refractivity contribution >= 4 is 33.4 Å². The molecule has 10 heteroatoms. The third-order valence-corrected chi connectivity index (χ3v) is 6.93. The minimum atomic E-state index is -3.31. The van der Waals surface area contributed by atoms with Crippen LogP contribution in [0.15, 0.2) is 54.6 Å². The number of hydrogen-bond acceptors (Lipinski definition) is 6. The second-order valence-corrected chi connectivity index (χ2v) is 9.72. The van der Waals surface area contributed by atoms with Gasteiger partial charge in [0.05, 0.1) is 34.0 Å². The summed E-state index contributed by atoms with van der Waals surface area (Å²) >= 11 is 0. The molecule has 0 saturated heterocycles.